The number of aromatic nitrogens is 1. The van der Waals surface area contributed by atoms with Crippen molar-refractivity contribution in [1.29, 1.82) is 0 Å². The van der Waals surface area contributed by atoms with E-state index < -0.39 is 34.6 Å². The maximum atomic E-state index is 15.6. The number of carboxylic acids is 1. The standard InChI is InChI=1S/C29H30F2N6O6/c1-16(38)36-7-3-4-23(36)28(40)32-17-5-6-22(20(30)12-17)34-8-10-35(11-9-34)25-21(31)13-18-24-27(25)43-15-33(2)37(24)14-19(26(18)39)29(41)42/h5-6,12-14,23H,3-4,7-11,15H2,1-2H3,(H,32,40)(H,41,42)/t23-/m1/s1. The lowest BCUT2D eigenvalue weighted by molar-refractivity contribution is -0.134. The Kier molecular flexibility index (Phi) is 7.06. The summed E-state index contributed by atoms with van der Waals surface area (Å²) in [6.07, 6.45) is 2.50. The summed E-state index contributed by atoms with van der Waals surface area (Å²) in [5.41, 5.74) is -0.230. The van der Waals surface area contributed by atoms with E-state index in [-0.39, 0.29) is 46.6 Å². The average Bonchev–Trinajstić information content (AvgIpc) is 3.47. The highest BCUT2D eigenvalue weighted by Gasteiger charge is 2.33. The second-order valence-corrected chi connectivity index (χ2v) is 10.9. The van der Waals surface area contributed by atoms with Gasteiger partial charge in [-0.05, 0) is 37.1 Å². The number of anilines is 3. The molecule has 3 aliphatic heterocycles. The zero-order valence-electron chi connectivity index (χ0n) is 23.6. The summed E-state index contributed by atoms with van der Waals surface area (Å²) in [7, 11) is 1.65. The molecule has 0 unspecified atom stereocenters. The lowest BCUT2D eigenvalue weighted by Crippen LogP contribution is -2.48. The quantitative estimate of drug-likeness (QED) is 0.456. The van der Waals surface area contributed by atoms with Gasteiger partial charge in [-0.25, -0.2) is 13.6 Å². The van der Waals surface area contributed by atoms with E-state index in [0.717, 1.165) is 12.5 Å². The van der Waals surface area contributed by atoms with Crippen LogP contribution in [-0.4, -0.2) is 85.0 Å². The molecular weight excluding hydrogens is 566 g/mol. The molecule has 12 nitrogen and oxygen atoms in total. The molecule has 2 saturated heterocycles. The molecule has 6 rings (SSSR count). The van der Waals surface area contributed by atoms with Crippen molar-refractivity contribution < 1.29 is 33.0 Å². The van der Waals surface area contributed by atoms with Gasteiger partial charge in [0.05, 0.1) is 11.1 Å². The van der Waals surface area contributed by atoms with Crippen LogP contribution in [0.1, 0.15) is 30.1 Å². The minimum absolute atomic E-state index is 0.00206. The first-order valence-corrected chi connectivity index (χ1v) is 13.9. The summed E-state index contributed by atoms with van der Waals surface area (Å²) in [6.45, 7) is 3.26. The lowest BCUT2D eigenvalue weighted by Gasteiger charge is -2.39. The number of carbonyl (C=O) groups excluding carboxylic acids is 2. The molecule has 0 aliphatic carbocycles. The monoisotopic (exact) mass is 596 g/mol. The van der Waals surface area contributed by atoms with Crippen LogP contribution in [0.15, 0.2) is 35.3 Å². The summed E-state index contributed by atoms with van der Waals surface area (Å²) in [5.74, 6) is -3.04. The van der Waals surface area contributed by atoms with Gasteiger partial charge in [0.25, 0.3) is 0 Å². The highest BCUT2D eigenvalue weighted by molar-refractivity contribution is 5.98. The third kappa shape index (κ3) is 4.85. The number of pyridine rings is 1. The van der Waals surface area contributed by atoms with Crippen molar-refractivity contribution in [3.8, 4) is 5.75 Å². The van der Waals surface area contributed by atoms with Gasteiger partial charge in [-0.2, -0.15) is 0 Å². The third-order valence-electron chi connectivity index (χ3n) is 8.26. The minimum Gasteiger partial charge on any atom is -0.477 e. The van der Waals surface area contributed by atoms with Crippen LogP contribution in [0.3, 0.4) is 0 Å². The Morgan fingerprint density at radius 1 is 1.02 bits per heavy atom. The Bertz CT molecular complexity index is 1720. The van der Waals surface area contributed by atoms with Gasteiger partial charge in [0.2, 0.25) is 17.2 Å². The van der Waals surface area contributed by atoms with Crippen molar-refractivity contribution in [2.45, 2.75) is 25.8 Å². The Labute approximate surface area is 244 Å². The van der Waals surface area contributed by atoms with E-state index in [0.29, 0.717) is 44.8 Å². The van der Waals surface area contributed by atoms with E-state index in [4.69, 9.17) is 4.74 Å². The van der Waals surface area contributed by atoms with Crippen LogP contribution in [0.25, 0.3) is 10.9 Å². The highest BCUT2D eigenvalue weighted by Crippen LogP contribution is 2.40. The summed E-state index contributed by atoms with van der Waals surface area (Å²) in [4.78, 5) is 54.1. The lowest BCUT2D eigenvalue weighted by atomic mass is 10.1. The molecule has 3 aromatic rings. The normalized spacial score (nSPS) is 18.2. The molecule has 0 spiro atoms. The van der Waals surface area contributed by atoms with Crippen LogP contribution in [0.2, 0.25) is 0 Å². The molecule has 0 radical (unpaired) electrons. The molecule has 0 bridgehead atoms. The third-order valence-corrected chi connectivity index (χ3v) is 8.26. The van der Waals surface area contributed by atoms with E-state index in [9.17, 15) is 24.3 Å². The first-order valence-electron chi connectivity index (χ1n) is 13.9. The number of nitrogens with one attached hydrogen (secondary N) is 1. The molecule has 226 valence electrons. The predicted molar refractivity (Wildman–Crippen MR) is 155 cm³/mol. The number of likely N-dealkylation sites (tertiary alicyclic amines) is 1. The fourth-order valence-corrected chi connectivity index (χ4v) is 6.12. The molecule has 2 N–H and O–H groups in total. The van der Waals surface area contributed by atoms with E-state index in [1.165, 1.54) is 28.8 Å². The number of hydrogen-bond donors (Lipinski definition) is 2. The minimum atomic E-state index is -1.41. The summed E-state index contributed by atoms with van der Waals surface area (Å²) < 4.78 is 38.2. The zero-order chi connectivity index (χ0) is 30.6. The summed E-state index contributed by atoms with van der Waals surface area (Å²) >= 11 is 0. The van der Waals surface area contributed by atoms with Gasteiger partial charge in [-0.15, -0.1) is 0 Å². The van der Waals surface area contributed by atoms with E-state index in [1.807, 2.05) is 4.90 Å². The van der Waals surface area contributed by atoms with Crippen molar-refractivity contribution in [3.05, 3.63) is 57.9 Å². The van der Waals surface area contributed by atoms with Crippen LogP contribution in [0.4, 0.5) is 25.8 Å². The number of amides is 2. The van der Waals surface area contributed by atoms with E-state index in [2.05, 4.69) is 5.32 Å². The van der Waals surface area contributed by atoms with E-state index in [1.54, 1.807) is 29.1 Å². The highest BCUT2D eigenvalue weighted by atomic mass is 19.1. The molecule has 2 fully saturated rings. The molecule has 3 aliphatic rings. The number of nitrogens with zero attached hydrogens (tertiary/aromatic N) is 5. The first-order chi connectivity index (χ1) is 20.5. The van der Waals surface area contributed by atoms with Crippen molar-refractivity contribution in [2.24, 2.45) is 0 Å². The van der Waals surface area contributed by atoms with Crippen molar-refractivity contribution in [1.82, 2.24) is 9.58 Å². The van der Waals surface area contributed by atoms with Gasteiger partial charge in [-0.3, -0.25) is 24.1 Å². The largest absolute Gasteiger partial charge is 0.477 e. The SMILES string of the molecule is CC(=O)N1CCC[C@@H]1C(=O)Nc1ccc(N2CCN(c3c(F)cc4c(=O)c(C(=O)O)cn5c4c3OCN5C)CC2)c(F)c1. The average molecular weight is 597 g/mol. The van der Waals surface area contributed by atoms with Crippen molar-refractivity contribution in [2.75, 3.05) is 66.6 Å². The van der Waals surface area contributed by atoms with Gasteiger partial charge in [0, 0.05) is 58.6 Å². The number of hydrogen-bond acceptors (Lipinski definition) is 8. The van der Waals surface area contributed by atoms with Crippen LogP contribution < -0.4 is 30.3 Å². The Morgan fingerprint density at radius 2 is 1.74 bits per heavy atom. The Hall–Kier alpha value is -4.88. The number of carboxylic acid groups (broad SMARTS) is 1. The number of ether oxygens (including phenoxy) is 1. The smallest absolute Gasteiger partial charge is 0.341 e. The number of piperazine rings is 1. The number of aromatic carboxylic acids is 1. The van der Waals surface area contributed by atoms with Gasteiger partial charge in [0.1, 0.15) is 28.6 Å². The number of benzene rings is 2. The molecule has 43 heavy (non-hydrogen) atoms. The second-order valence-electron chi connectivity index (χ2n) is 10.9. The Morgan fingerprint density at radius 3 is 2.42 bits per heavy atom. The zero-order valence-corrected chi connectivity index (χ0v) is 23.6. The topological polar surface area (TPSA) is 128 Å². The summed E-state index contributed by atoms with van der Waals surface area (Å²) in [5, 5.41) is 13.7. The van der Waals surface area contributed by atoms with Gasteiger partial charge < -0.3 is 29.9 Å². The molecule has 1 aromatic heterocycles. The van der Waals surface area contributed by atoms with E-state index >= 15 is 8.78 Å². The number of halogens is 2. The maximum absolute atomic E-state index is 15.6. The molecule has 2 aromatic carbocycles. The van der Waals surface area contributed by atoms with Gasteiger partial charge in [0.15, 0.2) is 18.3 Å². The molecule has 4 heterocycles. The maximum Gasteiger partial charge on any atom is 0.341 e. The second kappa shape index (κ2) is 10.7. The molecule has 2 amide bonds. The number of rotatable bonds is 5. The predicted octanol–water partition coefficient (Wildman–Crippen LogP) is 2.17. The molecule has 14 heteroatoms. The van der Waals surface area contributed by atoms with Crippen LogP contribution in [0.5, 0.6) is 5.75 Å². The van der Waals surface area contributed by atoms with Crippen molar-refractivity contribution in [3.63, 3.8) is 0 Å². The van der Waals surface area contributed by atoms with Crippen LogP contribution in [-0.2, 0) is 9.59 Å². The molecule has 1 atom stereocenters. The van der Waals surface area contributed by atoms with Crippen LogP contribution >= 0.6 is 0 Å². The first kappa shape index (κ1) is 28.2. The molecule has 0 saturated carbocycles. The molecular formula is C29H30F2N6O6. The van der Waals surface area contributed by atoms with Crippen molar-refractivity contribution >= 4 is 45.7 Å². The number of carbonyl (C=O) groups is 3. The summed E-state index contributed by atoms with van der Waals surface area (Å²) in [6, 6.07) is 4.90. The van der Waals surface area contributed by atoms with Gasteiger partial charge in [-0.1, -0.05) is 0 Å². The fraction of sp³-hybridized carbons (Fsp3) is 0.379. The fourth-order valence-electron chi connectivity index (χ4n) is 6.12. The van der Waals surface area contributed by atoms with Gasteiger partial charge >= 0.3 is 5.97 Å². The Balaban J connectivity index is 1.21. The van der Waals surface area contributed by atoms with Crippen LogP contribution in [0, 0.1) is 11.6 Å².